The molecule has 0 aliphatic rings. The van der Waals surface area contributed by atoms with Crippen LogP contribution in [0.4, 0.5) is 0 Å². The minimum atomic E-state index is -0.0607. The molecule has 94 valence electrons. The number of rotatable bonds is 2. The fraction of sp³-hybridized carbons (Fsp3) is 0.133. The molecule has 0 saturated carbocycles. The fourth-order valence-corrected chi connectivity index (χ4v) is 2.15. The predicted octanol–water partition coefficient (Wildman–Crippen LogP) is 2.40. The minimum Gasteiger partial charge on any atom is -0.291 e. The van der Waals surface area contributed by atoms with E-state index >= 15 is 0 Å². The lowest BCUT2D eigenvalue weighted by atomic mass is 10.1. The second kappa shape index (κ2) is 4.65. The van der Waals surface area contributed by atoms with E-state index in [0.717, 1.165) is 5.56 Å². The average Bonchev–Trinajstić information content (AvgIpc) is 2.48. The molecule has 0 fully saturated rings. The van der Waals surface area contributed by atoms with E-state index in [9.17, 15) is 4.79 Å². The maximum Gasteiger partial charge on any atom is 0.263 e. The summed E-state index contributed by atoms with van der Waals surface area (Å²) >= 11 is 0. The number of benzene rings is 1. The molecule has 0 aliphatic heterocycles. The van der Waals surface area contributed by atoms with Gasteiger partial charge in [-0.3, -0.25) is 14.3 Å². The van der Waals surface area contributed by atoms with Gasteiger partial charge in [0.25, 0.3) is 5.56 Å². The summed E-state index contributed by atoms with van der Waals surface area (Å²) < 4.78 is 1.64. The molecule has 2 heterocycles. The van der Waals surface area contributed by atoms with Crippen LogP contribution in [0.15, 0.2) is 59.9 Å². The molecule has 0 radical (unpaired) electrons. The van der Waals surface area contributed by atoms with Gasteiger partial charge in [-0.1, -0.05) is 30.3 Å². The molecule has 0 N–H and O–H groups in total. The normalized spacial score (nSPS) is 12.5. The molecule has 1 aromatic carbocycles. The zero-order valence-corrected chi connectivity index (χ0v) is 10.5. The van der Waals surface area contributed by atoms with Crippen LogP contribution < -0.4 is 5.56 Å². The Morgan fingerprint density at radius 3 is 2.74 bits per heavy atom. The highest BCUT2D eigenvalue weighted by molar-refractivity contribution is 5.75. The first-order chi connectivity index (χ1) is 9.27. The molecule has 0 spiro atoms. The third kappa shape index (κ3) is 2.01. The van der Waals surface area contributed by atoms with Crippen molar-refractivity contribution < 1.29 is 0 Å². The molecular weight excluding hydrogens is 238 g/mol. The van der Waals surface area contributed by atoms with Crippen LogP contribution in [0, 0.1) is 0 Å². The van der Waals surface area contributed by atoms with E-state index < -0.39 is 0 Å². The molecule has 0 amide bonds. The maximum atomic E-state index is 12.4. The molecule has 3 rings (SSSR count). The Balaban J connectivity index is 2.16. The smallest absolute Gasteiger partial charge is 0.263 e. The number of hydrogen-bond acceptors (Lipinski definition) is 3. The van der Waals surface area contributed by atoms with Crippen LogP contribution >= 0.6 is 0 Å². The summed E-state index contributed by atoms with van der Waals surface area (Å²) in [5.41, 5.74) is 1.70. The Bertz CT molecular complexity index is 765. The molecule has 19 heavy (non-hydrogen) atoms. The standard InChI is InChI=1S/C15H13N3O/c1-11(12-5-3-2-4-6-12)18-10-17-14-7-8-16-9-13(14)15(18)19/h2-11H,1H3. The van der Waals surface area contributed by atoms with E-state index in [1.807, 2.05) is 37.3 Å². The van der Waals surface area contributed by atoms with Gasteiger partial charge in [-0.15, -0.1) is 0 Å². The van der Waals surface area contributed by atoms with Crippen LogP contribution in [-0.2, 0) is 0 Å². The van der Waals surface area contributed by atoms with Gasteiger partial charge in [-0.25, -0.2) is 4.98 Å². The topological polar surface area (TPSA) is 47.8 Å². The van der Waals surface area contributed by atoms with Crippen molar-refractivity contribution in [3.8, 4) is 0 Å². The lowest BCUT2D eigenvalue weighted by molar-refractivity contribution is 0.609. The quantitative estimate of drug-likeness (QED) is 0.702. The van der Waals surface area contributed by atoms with E-state index in [0.29, 0.717) is 10.9 Å². The van der Waals surface area contributed by atoms with Crippen LogP contribution in [-0.4, -0.2) is 14.5 Å². The first kappa shape index (κ1) is 11.6. The summed E-state index contributed by atoms with van der Waals surface area (Å²) in [5, 5.41) is 0.549. The Hall–Kier alpha value is -2.49. The molecule has 4 nitrogen and oxygen atoms in total. The van der Waals surface area contributed by atoms with E-state index in [1.165, 1.54) is 0 Å². The van der Waals surface area contributed by atoms with Crippen molar-refractivity contribution in [2.24, 2.45) is 0 Å². The number of aromatic nitrogens is 3. The van der Waals surface area contributed by atoms with E-state index in [2.05, 4.69) is 9.97 Å². The third-order valence-electron chi connectivity index (χ3n) is 3.28. The van der Waals surface area contributed by atoms with Crippen molar-refractivity contribution in [1.29, 1.82) is 0 Å². The highest BCUT2D eigenvalue weighted by Gasteiger charge is 2.11. The van der Waals surface area contributed by atoms with E-state index in [1.54, 1.807) is 29.4 Å². The van der Waals surface area contributed by atoms with Crippen molar-refractivity contribution in [2.45, 2.75) is 13.0 Å². The van der Waals surface area contributed by atoms with Gasteiger partial charge >= 0.3 is 0 Å². The largest absolute Gasteiger partial charge is 0.291 e. The first-order valence-electron chi connectivity index (χ1n) is 6.13. The van der Waals surface area contributed by atoms with E-state index in [-0.39, 0.29) is 11.6 Å². The summed E-state index contributed by atoms with van der Waals surface area (Å²) in [6.45, 7) is 1.99. The third-order valence-corrected chi connectivity index (χ3v) is 3.28. The molecule has 0 saturated heterocycles. The van der Waals surface area contributed by atoms with Gasteiger partial charge in [0.05, 0.1) is 23.3 Å². The van der Waals surface area contributed by atoms with Crippen LogP contribution in [0.1, 0.15) is 18.5 Å². The summed E-state index contributed by atoms with van der Waals surface area (Å²) in [6, 6.07) is 11.6. The molecule has 2 aromatic heterocycles. The molecular formula is C15H13N3O. The van der Waals surface area contributed by atoms with Crippen LogP contribution in [0.2, 0.25) is 0 Å². The fourth-order valence-electron chi connectivity index (χ4n) is 2.15. The molecule has 3 aromatic rings. The van der Waals surface area contributed by atoms with Gasteiger partial charge in [-0.05, 0) is 18.6 Å². The number of pyridine rings is 1. The van der Waals surface area contributed by atoms with Crippen molar-refractivity contribution in [1.82, 2.24) is 14.5 Å². The SMILES string of the molecule is CC(c1ccccc1)n1cnc2ccncc2c1=O. The monoisotopic (exact) mass is 251 g/mol. The molecule has 4 heteroatoms. The van der Waals surface area contributed by atoms with Crippen molar-refractivity contribution in [2.75, 3.05) is 0 Å². The highest BCUT2D eigenvalue weighted by Crippen LogP contribution is 2.16. The second-order valence-corrected chi connectivity index (χ2v) is 4.44. The van der Waals surface area contributed by atoms with Gasteiger partial charge in [0.15, 0.2) is 0 Å². The van der Waals surface area contributed by atoms with Gasteiger partial charge in [0.1, 0.15) is 0 Å². The minimum absolute atomic E-state index is 0.0502. The van der Waals surface area contributed by atoms with Gasteiger partial charge in [0, 0.05) is 12.4 Å². The van der Waals surface area contributed by atoms with Crippen molar-refractivity contribution in [3.05, 3.63) is 71.0 Å². The maximum absolute atomic E-state index is 12.4. The zero-order chi connectivity index (χ0) is 13.2. The average molecular weight is 251 g/mol. The van der Waals surface area contributed by atoms with Crippen LogP contribution in [0.3, 0.4) is 0 Å². The van der Waals surface area contributed by atoms with E-state index in [4.69, 9.17) is 0 Å². The number of fused-ring (bicyclic) bond motifs is 1. The van der Waals surface area contributed by atoms with Crippen molar-refractivity contribution >= 4 is 10.9 Å². The highest BCUT2D eigenvalue weighted by atomic mass is 16.1. The number of nitrogens with zero attached hydrogens (tertiary/aromatic N) is 3. The lowest BCUT2D eigenvalue weighted by Crippen LogP contribution is -2.24. The molecule has 1 atom stereocenters. The van der Waals surface area contributed by atoms with Gasteiger partial charge < -0.3 is 0 Å². The Labute approximate surface area is 110 Å². The Kier molecular flexibility index (Phi) is 2.83. The van der Waals surface area contributed by atoms with Crippen LogP contribution in [0.25, 0.3) is 10.9 Å². The Morgan fingerprint density at radius 2 is 1.95 bits per heavy atom. The summed E-state index contributed by atoms with van der Waals surface area (Å²) in [5.74, 6) is 0. The second-order valence-electron chi connectivity index (χ2n) is 4.44. The first-order valence-corrected chi connectivity index (χ1v) is 6.13. The summed E-state index contributed by atoms with van der Waals surface area (Å²) in [6.07, 6.45) is 4.81. The van der Waals surface area contributed by atoms with Crippen molar-refractivity contribution in [3.63, 3.8) is 0 Å². The molecule has 0 aliphatic carbocycles. The zero-order valence-electron chi connectivity index (χ0n) is 10.5. The number of hydrogen-bond donors (Lipinski definition) is 0. The molecule has 1 unspecified atom stereocenters. The van der Waals surface area contributed by atoms with Gasteiger partial charge in [-0.2, -0.15) is 0 Å². The predicted molar refractivity (Wildman–Crippen MR) is 74.1 cm³/mol. The van der Waals surface area contributed by atoms with Gasteiger partial charge in [0.2, 0.25) is 0 Å². The molecule has 0 bridgehead atoms. The summed E-state index contributed by atoms with van der Waals surface area (Å²) in [4.78, 5) is 20.7. The Morgan fingerprint density at radius 1 is 1.16 bits per heavy atom. The lowest BCUT2D eigenvalue weighted by Gasteiger charge is -2.15. The van der Waals surface area contributed by atoms with Crippen LogP contribution in [0.5, 0.6) is 0 Å². The summed E-state index contributed by atoms with van der Waals surface area (Å²) in [7, 11) is 0.